The zero-order valence-electron chi connectivity index (χ0n) is 14.4. The molecule has 1 aliphatic rings. The molecule has 0 saturated carbocycles. The fraction of sp³-hybridized carbons (Fsp3) is 0.529. The number of hydrogen-bond donors (Lipinski definition) is 2. The van der Waals surface area contributed by atoms with Gasteiger partial charge in [0.2, 0.25) is 0 Å². The normalized spacial score (nSPS) is 15.9. The minimum Gasteiger partial charge on any atom is -0.379 e. The van der Waals surface area contributed by atoms with E-state index in [1.807, 2.05) is 35.0 Å². The number of nitrogens with two attached hydrogens (primary N) is 1. The molecule has 0 aromatic carbocycles. The minimum atomic E-state index is 0. The average Bonchev–Trinajstić information content (AvgIpc) is 3.02. The van der Waals surface area contributed by atoms with Crippen molar-refractivity contribution in [1.29, 1.82) is 0 Å². The van der Waals surface area contributed by atoms with E-state index < -0.39 is 0 Å². The van der Waals surface area contributed by atoms with Crippen LogP contribution in [-0.4, -0.2) is 66.2 Å². The number of hydrogen-bond acceptors (Lipinski definition) is 4. The third kappa shape index (κ3) is 6.44. The summed E-state index contributed by atoms with van der Waals surface area (Å²) < 4.78 is 7.36. The molecule has 1 aliphatic heterocycles. The van der Waals surface area contributed by atoms with Crippen molar-refractivity contribution in [3.05, 3.63) is 36.3 Å². The fourth-order valence-corrected chi connectivity index (χ4v) is 2.80. The maximum atomic E-state index is 5.91. The Balaban J connectivity index is 0.00000225. The molecule has 0 radical (unpaired) electrons. The second-order valence-corrected chi connectivity index (χ2v) is 5.95. The summed E-state index contributed by atoms with van der Waals surface area (Å²) in [5.41, 5.74) is 7.93. The summed E-state index contributed by atoms with van der Waals surface area (Å²) in [4.78, 5) is 11.4. The van der Waals surface area contributed by atoms with Gasteiger partial charge in [-0.2, -0.15) is 0 Å². The molecule has 0 spiro atoms. The van der Waals surface area contributed by atoms with E-state index >= 15 is 0 Å². The lowest BCUT2D eigenvalue weighted by molar-refractivity contribution is 0.0377. The molecule has 0 aliphatic carbocycles. The Morgan fingerprint density at radius 3 is 2.96 bits per heavy atom. The first-order valence-corrected chi connectivity index (χ1v) is 8.58. The molecule has 0 atom stereocenters. The number of imidazole rings is 1. The Morgan fingerprint density at radius 2 is 2.16 bits per heavy atom. The first-order chi connectivity index (χ1) is 11.8. The van der Waals surface area contributed by atoms with Gasteiger partial charge < -0.3 is 20.2 Å². The largest absolute Gasteiger partial charge is 0.379 e. The van der Waals surface area contributed by atoms with Crippen LogP contribution in [0.15, 0.2) is 35.6 Å². The first-order valence-electron chi connectivity index (χ1n) is 8.58. The summed E-state index contributed by atoms with van der Waals surface area (Å²) in [6.45, 7) is 6.29. The first kappa shape index (κ1) is 19.9. The molecule has 3 N–H and O–H groups in total. The van der Waals surface area contributed by atoms with Gasteiger partial charge in [0.1, 0.15) is 5.65 Å². The van der Waals surface area contributed by atoms with Crippen LogP contribution >= 0.6 is 24.0 Å². The van der Waals surface area contributed by atoms with Gasteiger partial charge >= 0.3 is 0 Å². The number of guanidine groups is 1. The van der Waals surface area contributed by atoms with E-state index in [-0.39, 0.29) is 24.0 Å². The van der Waals surface area contributed by atoms with Crippen LogP contribution in [0.3, 0.4) is 0 Å². The Labute approximate surface area is 165 Å². The molecule has 0 unspecified atom stereocenters. The third-order valence-electron chi connectivity index (χ3n) is 4.12. The van der Waals surface area contributed by atoms with Crippen LogP contribution in [0.4, 0.5) is 0 Å². The van der Waals surface area contributed by atoms with Crippen molar-refractivity contribution in [3.8, 4) is 0 Å². The van der Waals surface area contributed by atoms with Crippen LogP contribution in [0, 0.1) is 0 Å². The topological polar surface area (TPSA) is 80.2 Å². The zero-order chi connectivity index (χ0) is 16.6. The summed E-state index contributed by atoms with van der Waals surface area (Å²) in [5, 5.41) is 3.16. The highest BCUT2D eigenvalue weighted by Crippen LogP contribution is 2.04. The molecular formula is C17H27IN6O. The lowest BCUT2D eigenvalue weighted by atomic mass is 10.3. The molecule has 0 bridgehead atoms. The van der Waals surface area contributed by atoms with E-state index in [9.17, 15) is 0 Å². The second-order valence-electron chi connectivity index (χ2n) is 5.95. The lowest BCUT2D eigenvalue weighted by Crippen LogP contribution is -2.37. The maximum absolute atomic E-state index is 5.91. The Morgan fingerprint density at radius 1 is 1.32 bits per heavy atom. The number of nitrogens with zero attached hydrogens (tertiary/aromatic N) is 4. The molecular weight excluding hydrogens is 431 g/mol. The molecule has 3 heterocycles. The third-order valence-corrected chi connectivity index (χ3v) is 4.12. The zero-order valence-corrected chi connectivity index (χ0v) is 16.8. The number of aromatic nitrogens is 2. The number of ether oxygens (including phenoxy) is 1. The summed E-state index contributed by atoms with van der Waals surface area (Å²) >= 11 is 0. The number of fused-ring (bicyclic) bond motifs is 1. The fourth-order valence-electron chi connectivity index (χ4n) is 2.80. The van der Waals surface area contributed by atoms with Crippen LogP contribution < -0.4 is 11.1 Å². The monoisotopic (exact) mass is 458 g/mol. The van der Waals surface area contributed by atoms with Gasteiger partial charge in [0.05, 0.1) is 18.9 Å². The highest BCUT2D eigenvalue weighted by Gasteiger charge is 2.08. The molecule has 8 heteroatoms. The van der Waals surface area contributed by atoms with Gasteiger partial charge in [-0.15, -0.1) is 24.0 Å². The molecule has 25 heavy (non-hydrogen) atoms. The number of morpholine rings is 1. The van der Waals surface area contributed by atoms with Crippen LogP contribution in [0.5, 0.6) is 0 Å². The quantitative estimate of drug-likeness (QED) is 0.282. The predicted molar refractivity (Wildman–Crippen MR) is 111 cm³/mol. The van der Waals surface area contributed by atoms with Crippen molar-refractivity contribution in [3.63, 3.8) is 0 Å². The summed E-state index contributed by atoms with van der Waals surface area (Å²) in [5.74, 6) is 0.515. The van der Waals surface area contributed by atoms with E-state index in [4.69, 9.17) is 10.5 Å². The molecule has 2 aromatic heterocycles. The number of rotatable bonds is 7. The molecule has 1 saturated heterocycles. The molecule has 3 rings (SSSR count). The summed E-state index contributed by atoms with van der Waals surface area (Å²) in [6, 6.07) is 5.99. The molecule has 138 valence electrons. The highest BCUT2D eigenvalue weighted by molar-refractivity contribution is 14.0. The average molecular weight is 458 g/mol. The number of halogens is 1. The standard InChI is InChI=1S/C17H26N6O.HI/c18-17(19-6-3-8-22-10-12-24-13-11-22)20-7-5-15-14-23-9-2-1-4-16(23)21-15;/h1-2,4,9,14H,3,5-8,10-13H2,(H3,18,19,20);1H. The maximum Gasteiger partial charge on any atom is 0.188 e. The molecule has 7 nitrogen and oxygen atoms in total. The highest BCUT2D eigenvalue weighted by atomic mass is 127. The van der Waals surface area contributed by atoms with Gasteiger partial charge in [-0.1, -0.05) is 6.07 Å². The second kappa shape index (κ2) is 10.6. The van der Waals surface area contributed by atoms with Crippen molar-refractivity contribution in [2.75, 3.05) is 45.9 Å². The lowest BCUT2D eigenvalue weighted by Gasteiger charge is -2.26. The summed E-state index contributed by atoms with van der Waals surface area (Å²) in [6.07, 6.45) is 5.90. The van der Waals surface area contributed by atoms with Crippen LogP contribution in [0.25, 0.3) is 5.65 Å². The van der Waals surface area contributed by atoms with Crippen molar-refractivity contribution in [2.45, 2.75) is 12.8 Å². The van der Waals surface area contributed by atoms with E-state index in [0.717, 1.165) is 70.1 Å². The van der Waals surface area contributed by atoms with Gasteiger partial charge in [-0.05, 0) is 18.6 Å². The van der Waals surface area contributed by atoms with E-state index in [1.165, 1.54) is 0 Å². The van der Waals surface area contributed by atoms with Gasteiger partial charge in [0.15, 0.2) is 5.96 Å². The van der Waals surface area contributed by atoms with Crippen LogP contribution in [0.1, 0.15) is 12.1 Å². The molecule has 2 aromatic rings. The van der Waals surface area contributed by atoms with Crippen molar-refractivity contribution < 1.29 is 4.74 Å². The van der Waals surface area contributed by atoms with E-state index in [2.05, 4.69) is 20.2 Å². The Hall–Kier alpha value is -1.39. The smallest absolute Gasteiger partial charge is 0.188 e. The van der Waals surface area contributed by atoms with E-state index in [1.54, 1.807) is 0 Å². The van der Waals surface area contributed by atoms with Gasteiger partial charge in [-0.25, -0.2) is 4.98 Å². The van der Waals surface area contributed by atoms with Crippen molar-refractivity contribution in [1.82, 2.24) is 19.6 Å². The van der Waals surface area contributed by atoms with Crippen molar-refractivity contribution >= 4 is 35.6 Å². The Kier molecular flexibility index (Phi) is 8.42. The Bertz CT molecular complexity index is 635. The van der Waals surface area contributed by atoms with Crippen LogP contribution in [0.2, 0.25) is 0 Å². The minimum absolute atomic E-state index is 0. The predicted octanol–water partition coefficient (Wildman–Crippen LogP) is 1.12. The number of aliphatic imine (C=N–C) groups is 1. The summed E-state index contributed by atoms with van der Waals surface area (Å²) in [7, 11) is 0. The van der Waals surface area contributed by atoms with Gasteiger partial charge in [-0.3, -0.25) is 9.89 Å². The van der Waals surface area contributed by atoms with Gasteiger partial charge in [0.25, 0.3) is 0 Å². The van der Waals surface area contributed by atoms with Gasteiger partial charge in [0, 0.05) is 51.5 Å². The SMILES string of the molecule is I.NC(=NCCCN1CCOCC1)NCCc1cn2ccccc2n1. The molecule has 0 amide bonds. The van der Waals surface area contributed by atoms with E-state index in [0.29, 0.717) is 5.96 Å². The number of nitrogens with one attached hydrogen (secondary N) is 1. The molecule has 1 fully saturated rings. The number of pyridine rings is 1. The van der Waals surface area contributed by atoms with Crippen molar-refractivity contribution in [2.24, 2.45) is 10.7 Å². The van der Waals surface area contributed by atoms with Crippen LogP contribution in [-0.2, 0) is 11.2 Å².